The number of amides is 3. The van der Waals surface area contributed by atoms with Crippen LogP contribution in [-0.4, -0.2) is 28.7 Å². The molecule has 0 bridgehead atoms. The number of imide groups is 1. The summed E-state index contributed by atoms with van der Waals surface area (Å²) < 4.78 is 0. The van der Waals surface area contributed by atoms with Gasteiger partial charge in [0.2, 0.25) is 17.7 Å². The van der Waals surface area contributed by atoms with Gasteiger partial charge < -0.3 is 10.2 Å². The van der Waals surface area contributed by atoms with Crippen LogP contribution in [0.2, 0.25) is 0 Å². The van der Waals surface area contributed by atoms with Gasteiger partial charge in [0.1, 0.15) is 6.04 Å². The predicted octanol–water partition coefficient (Wildman–Crippen LogP) is 3.84. The number of benzene rings is 3. The van der Waals surface area contributed by atoms with Crippen molar-refractivity contribution in [3.8, 4) is 0 Å². The topological polar surface area (TPSA) is 69.7 Å². The normalized spacial score (nSPS) is 25.0. The number of fused-ring (bicyclic) bond motifs is 5. The van der Waals surface area contributed by atoms with Crippen molar-refractivity contribution in [2.75, 3.05) is 10.2 Å². The predicted molar refractivity (Wildman–Crippen MR) is 125 cm³/mol. The molecule has 162 valence electrons. The summed E-state index contributed by atoms with van der Waals surface area (Å²) in [7, 11) is 0. The molecule has 3 aromatic rings. The molecular weight excluding hydrogens is 414 g/mol. The van der Waals surface area contributed by atoms with Crippen LogP contribution in [0.3, 0.4) is 0 Å². The highest BCUT2D eigenvalue weighted by molar-refractivity contribution is 6.24. The Morgan fingerprint density at radius 3 is 2.15 bits per heavy atom. The van der Waals surface area contributed by atoms with Crippen molar-refractivity contribution in [3.05, 3.63) is 102 Å². The van der Waals surface area contributed by atoms with Crippen LogP contribution in [0.5, 0.6) is 0 Å². The average molecular weight is 435 g/mol. The summed E-state index contributed by atoms with van der Waals surface area (Å²) in [6, 6.07) is 24.8. The number of carbonyl (C=O) groups excluding carboxylic acids is 3. The number of carbonyl (C=O) groups is 3. The molecule has 6 rings (SSSR count). The van der Waals surface area contributed by atoms with Crippen molar-refractivity contribution in [1.82, 2.24) is 4.90 Å². The molecule has 0 aliphatic carbocycles. The molecule has 0 unspecified atom stereocenters. The molecule has 0 spiro atoms. The van der Waals surface area contributed by atoms with Gasteiger partial charge in [-0.25, -0.2) is 4.90 Å². The van der Waals surface area contributed by atoms with E-state index in [-0.39, 0.29) is 23.8 Å². The van der Waals surface area contributed by atoms with E-state index in [0.717, 1.165) is 11.1 Å². The summed E-state index contributed by atoms with van der Waals surface area (Å²) in [6.07, 6.45) is 3.80. The lowest BCUT2D eigenvalue weighted by molar-refractivity contribution is -0.128. The number of anilines is 2. The van der Waals surface area contributed by atoms with Crippen molar-refractivity contribution in [2.45, 2.75) is 12.1 Å². The van der Waals surface area contributed by atoms with Crippen molar-refractivity contribution in [2.24, 2.45) is 11.8 Å². The molecule has 3 aliphatic rings. The van der Waals surface area contributed by atoms with Crippen molar-refractivity contribution < 1.29 is 14.4 Å². The van der Waals surface area contributed by atoms with Gasteiger partial charge in [0, 0.05) is 11.9 Å². The molecular formula is C27H21N3O3. The SMILES string of the molecule is O=C(Nc1ccccc1)[C@@H]1[C@H]2C(=O)N(c3ccccc3)C(=O)[C@@H]2[C@H]2c3ccccc3C=CN12. The standard InChI is InChI=1S/C27H21N3O3/c31-25(28-18-10-3-1-4-11-18)24-22-21(23-20-14-8-7-9-17(20)15-16-29(23)24)26(32)30(27(22)33)19-12-5-2-6-13-19/h1-16,21-24H,(H,28,31)/t21-,22-,23+,24-/m0/s1. The minimum Gasteiger partial charge on any atom is -0.357 e. The van der Waals surface area contributed by atoms with Gasteiger partial charge in [-0.1, -0.05) is 60.7 Å². The van der Waals surface area contributed by atoms with Crippen LogP contribution in [-0.2, 0) is 14.4 Å². The summed E-state index contributed by atoms with van der Waals surface area (Å²) in [5.41, 5.74) is 3.15. The number of rotatable bonds is 3. The molecule has 0 aromatic heterocycles. The Morgan fingerprint density at radius 1 is 0.758 bits per heavy atom. The monoisotopic (exact) mass is 435 g/mol. The van der Waals surface area contributed by atoms with Crippen molar-refractivity contribution in [3.63, 3.8) is 0 Å². The first kappa shape index (κ1) is 19.5. The Hall–Kier alpha value is -4.19. The Bertz CT molecular complexity index is 1290. The minimum absolute atomic E-state index is 0.258. The van der Waals surface area contributed by atoms with Gasteiger partial charge in [-0.2, -0.15) is 0 Å². The van der Waals surface area contributed by atoms with Gasteiger partial charge in [0.05, 0.1) is 23.6 Å². The van der Waals surface area contributed by atoms with E-state index in [9.17, 15) is 14.4 Å². The van der Waals surface area contributed by atoms with E-state index in [1.54, 1.807) is 36.4 Å². The van der Waals surface area contributed by atoms with E-state index in [0.29, 0.717) is 11.4 Å². The highest BCUT2D eigenvalue weighted by atomic mass is 16.2. The molecule has 6 heteroatoms. The van der Waals surface area contributed by atoms with Crippen LogP contribution in [0.4, 0.5) is 11.4 Å². The molecule has 2 fully saturated rings. The summed E-state index contributed by atoms with van der Waals surface area (Å²) in [4.78, 5) is 44.1. The van der Waals surface area contributed by atoms with E-state index in [4.69, 9.17) is 0 Å². The molecule has 3 amide bonds. The molecule has 3 heterocycles. The molecule has 4 atom stereocenters. The quantitative estimate of drug-likeness (QED) is 0.635. The zero-order chi connectivity index (χ0) is 22.5. The number of hydrogen-bond acceptors (Lipinski definition) is 4. The molecule has 0 radical (unpaired) electrons. The number of para-hydroxylation sites is 2. The summed E-state index contributed by atoms with van der Waals surface area (Å²) in [5.74, 6) is -2.30. The Kier molecular flexibility index (Phi) is 4.40. The highest BCUT2D eigenvalue weighted by Crippen LogP contribution is 2.53. The minimum atomic E-state index is -0.796. The lowest BCUT2D eigenvalue weighted by atomic mass is 9.84. The van der Waals surface area contributed by atoms with E-state index in [1.165, 1.54) is 4.90 Å². The smallest absolute Gasteiger partial charge is 0.247 e. The zero-order valence-electron chi connectivity index (χ0n) is 17.7. The Morgan fingerprint density at radius 2 is 1.39 bits per heavy atom. The van der Waals surface area contributed by atoms with Gasteiger partial charge >= 0.3 is 0 Å². The first-order chi connectivity index (χ1) is 16.1. The van der Waals surface area contributed by atoms with Gasteiger partial charge in [-0.15, -0.1) is 0 Å². The first-order valence-corrected chi connectivity index (χ1v) is 11.0. The number of nitrogens with one attached hydrogen (secondary N) is 1. The van der Waals surface area contributed by atoms with E-state index in [2.05, 4.69) is 5.32 Å². The number of hydrogen-bond donors (Lipinski definition) is 1. The second-order valence-corrected chi connectivity index (χ2v) is 8.54. The maximum absolute atomic E-state index is 13.7. The van der Waals surface area contributed by atoms with Gasteiger partial charge in [-0.3, -0.25) is 14.4 Å². The fourth-order valence-electron chi connectivity index (χ4n) is 5.43. The third-order valence-electron chi connectivity index (χ3n) is 6.79. The summed E-state index contributed by atoms with van der Waals surface area (Å²) >= 11 is 0. The van der Waals surface area contributed by atoms with Crippen LogP contribution >= 0.6 is 0 Å². The largest absolute Gasteiger partial charge is 0.357 e. The molecule has 3 aromatic carbocycles. The van der Waals surface area contributed by atoms with Crippen molar-refractivity contribution >= 4 is 35.2 Å². The molecule has 2 saturated heterocycles. The molecule has 0 saturated carbocycles. The second kappa shape index (κ2) is 7.45. The lowest BCUT2D eigenvalue weighted by Gasteiger charge is -2.35. The van der Waals surface area contributed by atoms with Gasteiger partial charge in [0.25, 0.3) is 0 Å². The van der Waals surface area contributed by atoms with Crippen LogP contribution < -0.4 is 10.2 Å². The summed E-state index contributed by atoms with van der Waals surface area (Å²) in [5, 5.41) is 2.95. The van der Waals surface area contributed by atoms with Crippen LogP contribution in [0, 0.1) is 11.8 Å². The van der Waals surface area contributed by atoms with E-state index >= 15 is 0 Å². The average Bonchev–Trinajstić information content (AvgIpc) is 3.33. The van der Waals surface area contributed by atoms with Crippen LogP contribution in [0.15, 0.2) is 91.1 Å². The maximum atomic E-state index is 13.7. The fraction of sp³-hybridized carbons (Fsp3) is 0.148. The Balaban J connectivity index is 1.45. The fourth-order valence-corrected chi connectivity index (χ4v) is 5.43. The third-order valence-corrected chi connectivity index (χ3v) is 6.79. The second-order valence-electron chi connectivity index (χ2n) is 8.54. The molecule has 33 heavy (non-hydrogen) atoms. The lowest BCUT2D eigenvalue weighted by Crippen LogP contribution is -2.46. The summed E-state index contributed by atoms with van der Waals surface area (Å²) in [6.45, 7) is 0. The maximum Gasteiger partial charge on any atom is 0.247 e. The van der Waals surface area contributed by atoms with Gasteiger partial charge in [-0.05, 0) is 41.5 Å². The molecule has 1 N–H and O–H groups in total. The highest BCUT2D eigenvalue weighted by Gasteiger charge is 2.64. The molecule has 6 nitrogen and oxygen atoms in total. The number of nitrogens with zero attached hydrogens (tertiary/aromatic N) is 2. The first-order valence-electron chi connectivity index (χ1n) is 11.0. The van der Waals surface area contributed by atoms with Crippen LogP contribution in [0.25, 0.3) is 6.08 Å². The Labute approximate surface area is 191 Å². The third kappa shape index (κ3) is 2.91. The van der Waals surface area contributed by atoms with Crippen LogP contribution in [0.1, 0.15) is 17.2 Å². The molecule has 3 aliphatic heterocycles. The van der Waals surface area contributed by atoms with E-state index in [1.807, 2.05) is 65.7 Å². The van der Waals surface area contributed by atoms with E-state index < -0.39 is 17.9 Å². The van der Waals surface area contributed by atoms with Gasteiger partial charge in [0.15, 0.2) is 0 Å². The zero-order valence-corrected chi connectivity index (χ0v) is 17.7. The van der Waals surface area contributed by atoms with Crippen molar-refractivity contribution in [1.29, 1.82) is 0 Å².